The topological polar surface area (TPSA) is 81.7 Å². The minimum atomic E-state index is -0.999. The number of aliphatic carboxylic acids is 1. The van der Waals surface area contributed by atoms with E-state index in [0.717, 1.165) is 19.4 Å². The van der Waals surface area contributed by atoms with Crippen molar-refractivity contribution in [2.45, 2.75) is 38.3 Å². The van der Waals surface area contributed by atoms with Crippen LogP contribution in [0, 0.1) is 0 Å². The summed E-state index contributed by atoms with van der Waals surface area (Å²) in [7, 11) is 2.03. The molecule has 1 rings (SSSR count). The molecule has 0 aromatic rings. The van der Waals surface area contributed by atoms with Crippen molar-refractivity contribution in [1.82, 2.24) is 15.5 Å². The Morgan fingerprint density at radius 3 is 2.71 bits per heavy atom. The fraction of sp³-hybridized carbons (Fsp3) is 0.818. The Morgan fingerprint density at radius 1 is 1.53 bits per heavy atom. The first-order valence-corrected chi connectivity index (χ1v) is 6.02. The first kappa shape index (κ1) is 13.8. The van der Waals surface area contributed by atoms with Crippen molar-refractivity contribution in [1.29, 1.82) is 0 Å². The maximum Gasteiger partial charge on any atom is 0.326 e. The van der Waals surface area contributed by atoms with Crippen LogP contribution in [0.5, 0.6) is 0 Å². The van der Waals surface area contributed by atoms with Crippen LogP contribution in [0.2, 0.25) is 0 Å². The van der Waals surface area contributed by atoms with Gasteiger partial charge in [-0.2, -0.15) is 0 Å². The Balaban J connectivity index is 2.27. The fourth-order valence-electron chi connectivity index (χ4n) is 2.00. The number of rotatable bonds is 5. The molecule has 98 valence electrons. The van der Waals surface area contributed by atoms with Crippen LogP contribution in [0.1, 0.15) is 26.2 Å². The second-order valence-electron chi connectivity index (χ2n) is 4.43. The van der Waals surface area contributed by atoms with Crippen molar-refractivity contribution < 1.29 is 14.7 Å². The quantitative estimate of drug-likeness (QED) is 0.646. The maximum absolute atomic E-state index is 11.5. The van der Waals surface area contributed by atoms with Gasteiger partial charge in [-0.25, -0.2) is 9.59 Å². The van der Waals surface area contributed by atoms with E-state index in [1.807, 2.05) is 7.05 Å². The summed E-state index contributed by atoms with van der Waals surface area (Å²) in [6.45, 7) is 3.35. The van der Waals surface area contributed by atoms with Gasteiger partial charge in [0, 0.05) is 12.6 Å². The number of carbonyl (C=O) groups excluding carboxylic acids is 1. The molecule has 0 bridgehead atoms. The van der Waals surface area contributed by atoms with E-state index in [0.29, 0.717) is 19.0 Å². The highest BCUT2D eigenvalue weighted by atomic mass is 16.4. The van der Waals surface area contributed by atoms with Crippen LogP contribution in [-0.4, -0.2) is 54.2 Å². The second-order valence-corrected chi connectivity index (χ2v) is 4.43. The highest BCUT2D eigenvalue weighted by molar-refractivity contribution is 5.82. The molecule has 1 unspecified atom stereocenters. The summed E-state index contributed by atoms with van der Waals surface area (Å²) in [6.07, 6.45) is 2.61. The van der Waals surface area contributed by atoms with E-state index in [1.54, 1.807) is 6.92 Å². The Labute approximate surface area is 101 Å². The van der Waals surface area contributed by atoms with E-state index in [-0.39, 0.29) is 0 Å². The molecule has 1 aliphatic heterocycles. The molecular weight excluding hydrogens is 222 g/mol. The lowest BCUT2D eigenvalue weighted by atomic mass is 10.2. The Hall–Kier alpha value is -1.30. The Bertz CT molecular complexity index is 283. The molecule has 2 amide bonds. The fourth-order valence-corrected chi connectivity index (χ4v) is 2.00. The summed E-state index contributed by atoms with van der Waals surface area (Å²) in [5, 5.41) is 13.9. The first-order valence-electron chi connectivity index (χ1n) is 6.02. The van der Waals surface area contributed by atoms with Crippen LogP contribution in [0.3, 0.4) is 0 Å². The number of carboxylic acids is 1. The molecule has 0 aliphatic carbocycles. The SMILES string of the molecule is CC[C@H](NC(=O)NCC1CCCN1C)C(=O)O. The number of carboxylic acid groups (broad SMARTS) is 1. The van der Waals surface area contributed by atoms with Crippen molar-refractivity contribution in [3.63, 3.8) is 0 Å². The normalized spacial score (nSPS) is 22.1. The molecule has 0 aromatic heterocycles. The van der Waals surface area contributed by atoms with Gasteiger partial charge in [0.05, 0.1) is 0 Å². The summed E-state index contributed by atoms with van der Waals surface area (Å²) in [5.41, 5.74) is 0. The van der Waals surface area contributed by atoms with Gasteiger partial charge in [0.1, 0.15) is 6.04 Å². The van der Waals surface area contributed by atoms with Crippen molar-refractivity contribution in [2.24, 2.45) is 0 Å². The van der Waals surface area contributed by atoms with Gasteiger partial charge in [0.15, 0.2) is 0 Å². The van der Waals surface area contributed by atoms with Gasteiger partial charge in [0.2, 0.25) is 0 Å². The molecule has 2 atom stereocenters. The predicted molar refractivity (Wildman–Crippen MR) is 63.9 cm³/mol. The van der Waals surface area contributed by atoms with E-state index in [9.17, 15) is 9.59 Å². The average Bonchev–Trinajstić information content (AvgIpc) is 2.68. The third-order valence-electron chi connectivity index (χ3n) is 3.18. The van der Waals surface area contributed by atoms with E-state index < -0.39 is 18.0 Å². The molecule has 1 heterocycles. The molecule has 1 fully saturated rings. The van der Waals surface area contributed by atoms with Gasteiger partial charge in [-0.1, -0.05) is 6.92 Å². The molecule has 1 saturated heterocycles. The van der Waals surface area contributed by atoms with Crippen LogP contribution < -0.4 is 10.6 Å². The number of nitrogens with one attached hydrogen (secondary N) is 2. The molecule has 6 heteroatoms. The highest BCUT2D eigenvalue weighted by Crippen LogP contribution is 2.13. The van der Waals surface area contributed by atoms with Crippen LogP contribution >= 0.6 is 0 Å². The standard InChI is InChI=1S/C11H21N3O3/c1-3-9(10(15)16)13-11(17)12-7-8-5-4-6-14(8)2/h8-9H,3-7H2,1-2H3,(H,15,16)(H2,12,13,17)/t8?,9-/m0/s1. The third-order valence-corrected chi connectivity index (χ3v) is 3.18. The minimum absolute atomic E-state index is 0.366. The zero-order chi connectivity index (χ0) is 12.8. The van der Waals surface area contributed by atoms with E-state index in [2.05, 4.69) is 15.5 Å². The predicted octanol–water partition coefficient (Wildman–Crippen LogP) is 0.243. The molecule has 0 saturated carbocycles. The number of amides is 2. The molecular formula is C11H21N3O3. The molecule has 0 spiro atoms. The van der Waals surface area contributed by atoms with E-state index >= 15 is 0 Å². The van der Waals surface area contributed by atoms with Crippen LogP contribution in [0.15, 0.2) is 0 Å². The summed E-state index contributed by atoms with van der Waals surface area (Å²) >= 11 is 0. The monoisotopic (exact) mass is 243 g/mol. The lowest BCUT2D eigenvalue weighted by Crippen LogP contribution is -2.48. The number of hydrogen-bond donors (Lipinski definition) is 3. The molecule has 3 N–H and O–H groups in total. The zero-order valence-electron chi connectivity index (χ0n) is 10.4. The van der Waals surface area contributed by atoms with Crippen LogP contribution in [0.4, 0.5) is 4.79 Å². The lowest BCUT2D eigenvalue weighted by Gasteiger charge is -2.20. The number of likely N-dealkylation sites (tertiary alicyclic amines) is 1. The van der Waals surface area contributed by atoms with E-state index in [4.69, 9.17) is 5.11 Å². The molecule has 0 aromatic carbocycles. The Morgan fingerprint density at radius 2 is 2.24 bits per heavy atom. The molecule has 6 nitrogen and oxygen atoms in total. The number of hydrogen-bond acceptors (Lipinski definition) is 3. The third kappa shape index (κ3) is 4.22. The summed E-state index contributed by atoms with van der Waals surface area (Å²) in [6, 6.07) is -0.846. The molecule has 17 heavy (non-hydrogen) atoms. The average molecular weight is 243 g/mol. The number of likely N-dealkylation sites (N-methyl/N-ethyl adjacent to an activating group) is 1. The van der Waals surface area contributed by atoms with Gasteiger partial charge in [-0.3, -0.25) is 0 Å². The lowest BCUT2D eigenvalue weighted by molar-refractivity contribution is -0.139. The van der Waals surface area contributed by atoms with E-state index in [1.165, 1.54) is 0 Å². The summed E-state index contributed by atoms with van der Waals surface area (Å²) < 4.78 is 0. The van der Waals surface area contributed by atoms with Crippen molar-refractivity contribution in [3.8, 4) is 0 Å². The van der Waals surface area contributed by atoms with Gasteiger partial charge < -0.3 is 20.6 Å². The summed E-state index contributed by atoms with van der Waals surface area (Å²) in [4.78, 5) is 24.4. The summed E-state index contributed by atoms with van der Waals surface area (Å²) in [5.74, 6) is -0.999. The van der Waals surface area contributed by atoms with Crippen molar-refractivity contribution >= 4 is 12.0 Å². The van der Waals surface area contributed by atoms with Gasteiger partial charge in [-0.05, 0) is 32.9 Å². The number of nitrogens with zero attached hydrogens (tertiary/aromatic N) is 1. The number of carbonyl (C=O) groups is 2. The van der Waals surface area contributed by atoms with Crippen molar-refractivity contribution in [3.05, 3.63) is 0 Å². The maximum atomic E-state index is 11.5. The first-order chi connectivity index (χ1) is 8.04. The smallest absolute Gasteiger partial charge is 0.326 e. The van der Waals surface area contributed by atoms with Crippen LogP contribution in [0.25, 0.3) is 0 Å². The van der Waals surface area contributed by atoms with Crippen LogP contribution in [-0.2, 0) is 4.79 Å². The molecule has 1 aliphatic rings. The van der Waals surface area contributed by atoms with Gasteiger partial charge in [0.25, 0.3) is 0 Å². The van der Waals surface area contributed by atoms with Gasteiger partial charge >= 0.3 is 12.0 Å². The Kier molecular flexibility index (Phi) is 5.21. The minimum Gasteiger partial charge on any atom is -0.480 e. The largest absolute Gasteiger partial charge is 0.480 e. The highest BCUT2D eigenvalue weighted by Gasteiger charge is 2.22. The van der Waals surface area contributed by atoms with Gasteiger partial charge in [-0.15, -0.1) is 0 Å². The number of urea groups is 1. The molecule has 0 radical (unpaired) electrons. The van der Waals surface area contributed by atoms with Crippen molar-refractivity contribution in [2.75, 3.05) is 20.1 Å². The second kappa shape index (κ2) is 6.44. The zero-order valence-corrected chi connectivity index (χ0v) is 10.4.